The van der Waals surface area contributed by atoms with Crippen LogP contribution in [0.25, 0.3) is 0 Å². The Hall–Kier alpha value is -1.91. The second-order valence-corrected chi connectivity index (χ2v) is 9.15. The van der Waals surface area contributed by atoms with Crippen LogP contribution in [0.4, 0.5) is 15.0 Å². The molecular formula is C20H29ClFN4O2+. The molecule has 1 aromatic heterocycles. The minimum atomic E-state index is -0.589. The molecule has 1 aliphatic rings. The molecular weight excluding hydrogens is 383 g/mol. The molecule has 2 atom stereocenters. The summed E-state index contributed by atoms with van der Waals surface area (Å²) < 4.78 is 20.4. The number of quaternary nitrogens is 1. The van der Waals surface area contributed by atoms with E-state index in [-0.39, 0.29) is 33.1 Å². The number of pyridine rings is 1. The number of carbonyl (C=O) groups excluding carboxylic acids is 1. The van der Waals surface area contributed by atoms with Crippen molar-refractivity contribution in [2.75, 3.05) is 21.1 Å². The Bertz CT molecular complexity index is 786. The maximum atomic E-state index is 14.8. The summed E-state index contributed by atoms with van der Waals surface area (Å²) in [7, 11) is 5.45. The van der Waals surface area contributed by atoms with Gasteiger partial charge in [-0.15, -0.1) is 0 Å². The number of likely N-dealkylation sites (N-methyl/N-ethyl adjacent to an activating group) is 2. The highest BCUT2D eigenvalue weighted by Crippen LogP contribution is 2.35. The van der Waals surface area contributed by atoms with Crippen LogP contribution in [0.3, 0.4) is 0 Å². The Labute approximate surface area is 171 Å². The summed E-state index contributed by atoms with van der Waals surface area (Å²) >= 11 is 6.07. The molecule has 0 bridgehead atoms. The topological polar surface area (TPSA) is 66.2 Å². The molecule has 1 fully saturated rings. The Balaban J connectivity index is 2.38. The van der Waals surface area contributed by atoms with Gasteiger partial charge in [-0.3, -0.25) is 4.48 Å². The van der Waals surface area contributed by atoms with Gasteiger partial charge in [0.1, 0.15) is 17.7 Å². The lowest BCUT2D eigenvalue weighted by Gasteiger charge is -2.45. The molecule has 0 saturated heterocycles. The second kappa shape index (κ2) is 8.22. The molecule has 2 rings (SSSR count). The lowest BCUT2D eigenvalue weighted by Crippen LogP contribution is -2.62. The van der Waals surface area contributed by atoms with Crippen molar-refractivity contribution < 1.29 is 13.9 Å². The molecule has 0 N–H and O–H groups in total. The molecule has 2 unspecified atom stereocenters. The van der Waals surface area contributed by atoms with Crippen molar-refractivity contribution in [3.63, 3.8) is 0 Å². The average molecular weight is 412 g/mol. The van der Waals surface area contributed by atoms with Gasteiger partial charge < -0.3 is 9.64 Å². The van der Waals surface area contributed by atoms with Crippen LogP contribution >= 0.6 is 11.6 Å². The van der Waals surface area contributed by atoms with E-state index in [1.165, 1.54) is 0 Å². The van der Waals surface area contributed by atoms with Crippen LogP contribution in [0.2, 0.25) is 5.15 Å². The van der Waals surface area contributed by atoms with E-state index in [0.29, 0.717) is 0 Å². The summed E-state index contributed by atoms with van der Waals surface area (Å²) in [5, 5.41) is 9.03. The highest BCUT2D eigenvalue weighted by atomic mass is 35.5. The molecule has 0 radical (unpaired) electrons. The molecule has 1 saturated carbocycles. The molecule has 1 heterocycles. The van der Waals surface area contributed by atoms with Crippen molar-refractivity contribution in [2.24, 2.45) is 0 Å². The molecule has 0 aliphatic heterocycles. The summed E-state index contributed by atoms with van der Waals surface area (Å²) in [4.78, 5) is 18.4. The molecule has 1 amide bonds. The number of carbonyl (C=O) groups is 1. The zero-order valence-corrected chi connectivity index (χ0v) is 18.2. The van der Waals surface area contributed by atoms with Gasteiger partial charge in [0.2, 0.25) is 5.82 Å². The lowest BCUT2D eigenvalue weighted by atomic mass is 9.87. The van der Waals surface area contributed by atoms with Crippen molar-refractivity contribution in [3.05, 3.63) is 22.6 Å². The SMILES string of the molecule is CN(C(=O)OC(C)(C)C)C1CCCCC1[N+](C)(C)c1nc(Cl)c(C#N)cc1F. The first-order valence-corrected chi connectivity index (χ1v) is 9.82. The largest absolute Gasteiger partial charge is 0.444 e. The predicted octanol–water partition coefficient (Wildman–Crippen LogP) is 4.49. The molecule has 8 heteroatoms. The Morgan fingerprint density at radius 3 is 2.57 bits per heavy atom. The summed E-state index contributed by atoms with van der Waals surface area (Å²) in [6.45, 7) is 5.49. The molecule has 0 spiro atoms. The van der Waals surface area contributed by atoms with Gasteiger partial charge in [0.25, 0.3) is 5.82 Å². The Morgan fingerprint density at radius 2 is 2.00 bits per heavy atom. The van der Waals surface area contributed by atoms with Crippen LogP contribution in [-0.4, -0.2) is 54.8 Å². The molecule has 1 aliphatic carbocycles. The number of hydrogen-bond acceptors (Lipinski definition) is 4. The molecule has 6 nitrogen and oxygen atoms in total. The first kappa shape index (κ1) is 22.4. The number of halogens is 2. The third kappa shape index (κ3) is 4.73. The summed E-state index contributed by atoms with van der Waals surface area (Å²) in [6.07, 6.45) is 3.18. The molecule has 0 aromatic carbocycles. The van der Waals surface area contributed by atoms with Gasteiger partial charge in [-0.25, -0.2) is 4.79 Å². The Morgan fingerprint density at radius 1 is 1.39 bits per heavy atom. The van der Waals surface area contributed by atoms with Crippen LogP contribution in [0, 0.1) is 17.1 Å². The zero-order chi connectivity index (χ0) is 21.3. The van der Waals surface area contributed by atoms with Gasteiger partial charge in [-0.05, 0) is 33.6 Å². The Kier molecular flexibility index (Phi) is 6.57. The van der Waals surface area contributed by atoms with Gasteiger partial charge in [0.05, 0.1) is 25.7 Å². The number of amides is 1. The maximum Gasteiger partial charge on any atom is 0.410 e. The minimum Gasteiger partial charge on any atom is -0.444 e. The van der Waals surface area contributed by atoms with E-state index >= 15 is 0 Å². The van der Waals surface area contributed by atoms with Gasteiger partial charge in [0, 0.05) is 19.5 Å². The van der Waals surface area contributed by atoms with Crippen LogP contribution < -0.4 is 4.48 Å². The van der Waals surface area contributed by atoms with Gasteiger partial charge >= 0.3 is 6.09 Å². The van der Waals surface area contributed by atoms with Crippen molar-refractivity contribution in [3.8, 4) is 6.07 Å². The number of aromatic nitrogens is 1. The average Bonchev–Trinajstić information content (AvgIpc) is 2.61. The number of hydrogen-bond donors (Lipinski definition) is 0. The van der Waals surface area contributed by atoms with E-state index in [2.05, 4.69) is 4.98 Å². The van der Waals surface area contributed by atoms with Gasteiger partial charge in [0.15, 0.2) is 5.15 Å². The lowest BCUT2D eigenvalue weighted by molar-refractivity contribution is 0.00783. The molecule has 154 valence electrons. The number of nitrogens with zero attached hydrogens (tertiary/aromatic N) is 4. The molecule has 1 aromatic rings. The third-order valence-corrected chi connectivity index (χ3v) is 5.57. The highest BCUT2D eigenvalue weighted by Gasteiger charge is 2.45. The standard InChI is InChI=1S/C20H29ClFN4O2/c1-20(2,3)28-19(27)25(4)15-9-7-8-10-16(15)26(5,6)18-14(22)11-13(12-23)17(21)24-18/h11,15-16H,7-10H2,1-6H3/q+1. The van der Waals surface area contributed by atoms with Crippen molar-refractivity contribution in [2.45, 2.75) is 64.1 Å². The normalized spacial score (nSPS) is 20.4. The fraction of sp³-hybridized carbons (Fsp3) is 0.650. The fourth-order valence-electron chi connectivity index (χ4n) is 3.86. The van der Waals surface area contributed by atoms with E-state index < -0.39 is 17.5 Å². The van der Waals surface area contributed by atoms with Crippen LogP contribution in [0.1, 0.15) is 52.0 Å². The van der Waals surface area contributed by atoms with Crippen LogP contribution in [0.5, 0.6) is 0 Å². The van der Waals surface area contributed by atoms with E-state index in [0.717, 1.165) is 31.7 Å². The van der Waals surface area contributed by atoms with Gasteiger partial charge in [-0.1, -0.05) is 18.0 Å². The molecule has 28 heavy (non-hydrogen) atoms. The second-order valence-electron chi connectivity index (χ2n) is 8.79. The minimum absolute atomic E-state index is 0.00832. The summed E-state index contributed by atoms with van der Waals surface area (Å²) in [6, 6.07) is 2.76. The third-order valence-electron chi connectivity index (χ3n) is 5.28. The smallest absolute Gasteiger partial charge is 0.410 e. The van der Waals surface area contributed by atoms with Crippen molar-refractivity contribution >= 4 is 23.5 Å². The first-order valence-electron chi connectivity index (χ1n) is 9.44. The van der Waals surface area contributed by atoms with E-state index in [1.54, 1.807) is 11.9 Å². The number of rotatable bonds is 3. The predicted molar refractivity (Wildman–Crippen MR) is 108 cm³/mol. The monoisotopic (exact) mass is 411 g/mol. The van der Waals surface area contributed by atoms with Gasteiger partial charge in [-0.2, -0.15) is 14.6 Å². The number of ether oxygens (including phenoxy) is 1. The zero-order valence-electron chi connectivity index (χ0n) is 17.4. The fourth-order valence-corrected chi connectivity index (χ4v) is 4.04. The van der Waals surface area contributed by atoms with Crippen LogP contribution in [-0.2, 0) is 4.74 Å². The highest BCUT2D eigenvalue weighted by molar-refractivity contribution is 6.30. The van der Waals surface area contributed by atoms with E-state index in [9.17, 15) is 9.18 Å². The van der Waals surface area contributed by atoms with Crippen LogP contribution in [0.15, 0.2) is 6.07 Å². The van der Waals surface area contributed by atoms with Crippen molar-refractivity contribution in [1.29, 1.82) is 5.26 Å². The quantitative estimate of drug-likeness (QED) is 0.542. The maximum absolute atomic E-state index is 14.8. The van der Waals surface area contributed by atoms with E-state index in [4.69, 9.17) is 21.6 Å². The van der Waals surface area contributed by atoms with Crippen molar-refractivity contribution in [1.82, 2.24) is 14.4 Å². The number of nitriles is 1. The summed E-state index contributed by atoms with van der Waals surface area (Å²) in [5.74, 6) is -0.409. The van der Waals surface area contributed by atoms with E-state index in [1.807, 2.05) is 40.9 Å². The summed E-state index contributed by atoms with van der Waals surface area (Å²) in [5.41, 5.74) is -0.581. The first-order chi connectivity index (χ1) is 12.9.